The van der Waals surface area contributed by atoms with Crippen molar-refractivity contribution in [2.75, 3.05) is 16.2 Å². The van der Waals surface area contributed by atoms with Gasteiger partial charge in [-0.25, -0.2) is 8.42 Å². The Bertz CT molecular complexity index is 1240. The van der Waals surface area contributed by atoms with Gasteiger partial charge in [0.15, 0.2) is 0 Å². The summed E-state index contributed by atoms with van der Waals surface area (Å²) in [4.78, 5) is 14.4. The molecular weight excluding hydrogens is 424 g/mol. The van der Waals surface area contributed by atoms with Crippen molar-refractivity contribution in [2.24, 2.45) is 5.92 Å². The zero-order valence-corrected chi connectivity index (χ0v) is 18.3. The molecule has 1 saturated carbocycles. The third-order valence-corrected chi connectivity index (χ3v) is 7.18. The second-order valence-corrected chi connectivity index (χ2v) is 9.89. The van der Waals surface area contributed by atoms with E-state index in [4.69, 9.17) is 4.74 Å². The molecule has 164 valence electrons. The normalized spacial score (nSPS) is 15.3. The van der Waals surface area contributed by atoms with Crippen molar-refractivity contribution in [2.45, 2.75) is 30.8 Å². The molecule has 0 bridgehead atoms. The van der Waals surface area contributed by atoms with Crippen LogP contribution in [0.15, 0.2) is 77.7 Å². The van der Waals surface area contributed by atoms with E-state index < -0.39 is 10.0 Å². The maximum Gasteiger partial charge on any atom is 0.261 e. The van der Waals surface area contributed by atoms with E-state index in [0.717, 1.165) is 29.7 Å². The van der Waals surface area contributed by atoms with Gasteiger partial charge in [-0.3, -0.25) is 9.52 Å². The second kappa shape index (κ2) is 8.31. The molecule has 0 unspecified atom stereocenters. The fraction of sp³-hybridized carbons (Fsp3) is 0.240. The molecule has 1 amide bonds. The van der Waals surface area contributed by atoms with Crippen LogP contribution in [0.5, 0.6) is 5.75 Å². The molecule has 1 fully saturated rings. The molecule has 1 heterocycles. The van der Waals surface area contributed by atoms with Gasteiger partial charge in [0.1, 0.15) is 12.4 Å². The minimum absolute atomic E-state index is 0.144. The van der Waals surface area contributed by atoms with Crippen LogP contribution in [0, 0.1) is 5.92 Å². The van der Waals surface area contributed by atoms with Gasteiger partial charge in [0.2, 0.25) is 5.91 Å². The Kier molecular flexibility index (Phi) is 5.35. The number of anilines is 2. The zero-order chi connectivity index (χ0) is 22.1. The van der Waals surface area contributed by atoms with E-state index in [2.05, 4.69) is 4.72 Å². The van der Waals surface area contributed by atoms with Gasteiger partial charge in [0.25, 0.3) is 10.0 Å². The van der Waals surface area contributed by atoms with Gasteiger partial charge in [0, 0.05) is 23.8 Å². The quantitative estimate of drug-likeness (QED) is 0.583. The largest absolute Gasteiger partial charge is 0.489 e. The Hall–Kier alpha value is -3.32. The van der Waals surface area contributed by atoms with Gasteiger partial charge in [-0.2, -0.15) is 0 Å². The highest BCUT2D eigenvalue weighted by Gasteiger charge is 2.36. The summed E-state index contributed by atoms with van der Waals surface area (Å²) >= 11 is 0. The molecule has 0 radical (unpaired) electrons. The molecule has 6 nitrogen and oxygen atoms in total. The predicted molar refractivity (Wildman–Crippen MR) is 123 cm³/mol. The van der Waals surface area contributed by atoms with Crippen LogP contribution >= 0.6 is 0 Å². The number of nitrogens with one attached hydrogen (secondary N) is 1. The van der Waals surface area contributed by atoms with Crippen LogP contribution in [0.2, 0.25) is 0 Å². The van der Waals surface area contributed by atoms with Crippen molar-refractivity contribution in [3.05, 3.63) is 83.9 Å². The molecule has 3 aromatic rings. The average Bonchev–Trinajstić information content (AvgIpc) is 3.57. The third kappa shape index (κ3) is 4.34. The molecule has 5 rings (SSSR count). The van der Waals surface area contributed by atoms with Gasteiger partial charge in [-0.1, -0.05) is 30.3 Å². The molecule has 0 aromatic heterocycles. The predicted octanol–water partition coefficient (Wildman–Crippen LogP) is 4.37. The molecule has 2 aliphatic rings. The minimum Gasteiger partial charge on any atom is -0.489 e. The van der Waals surface area contributed by atoms with E-state index in [9.17, 15) is 13.2 Å². The van der Waals surface area contributed by atoms with E-state index in [1.165, 1.54) is 0 Å². The first-order chi connectivity index (χ1) is 15.5. The summed E-state index contributed by atoms with van der Waals surface area (Å²) in [5.41, 5.74) is 3.25. The summed E-state index contributed by atoms with van der Waals surface area (Å²) in [5.74, 6) is 0.965. The standard InChI is InChI=1S/C25H24N2O4S/c28-25(19-6-7-19)27-15-14-20-16-23(12-13-24(20)27)32(29,30)26-21-8-10-22(11-9-21)31-17-18-4-2-1-3-5-18/h1-5,8-13,16,19,26H,6-7,14-15,17H2. The van der Waals surface area contributed by atoms with Crippen molar-refractivity contribution < 1.29 is 17.9 Å². The monoisotopic (exact) mass is 448 g/mol. The number of hydrogen-bond donors (Lipinski definition) is 1. The number of hydrogen-bond acceptors (Lipinski definition) is 4. The third-order valence-electron chi connectivity index (χ3n) is 5.80. The maximum atomic E-state index is 12.9. The lowest BCUT2D eigenvalue weighted by Crippen LogP contribution is -2.30. The Labute approximate surface area is 187 Å². The van der Waals surface area contributed by atoms with Crippen molar-refractivity contribution >= 4 is 27.3 Å². The van der Waals surface area contributed by atoms with Crippen LogP contribution in [-0.2, 0) is 27.8 Å². The van der Waals surface area contributed by atoms with Gasteiger partial charge in [-0.05, 0) is 72.9 Å². The molecule has 3 aromatic carbocycles. The van der Waals surface area contributed by atoms with Gasteiger partial charge >= 0.3 is 0 Å². The van der Waals surface area contributed by atoms with Crippen molar-refractivity contribution in [1.29, 1.82) is 0 Å². The van der Waals surface area contributed by atoms with Crippen LogP contribution in [0.25, 0.3) is 0 Å². The number of carbonyl (C=O) groups is 1. The van der Waals surface area contributed by atoms with E-state index in [-0.39, 0.29) is 16.7 Å². The lowest BCUT2D eigenvalue weighted by Gasteiger charge is -2.17. The summed E-state index contributed by atoms with van der Waals surface area (Å²) in [7, 11) is -3.74. The summed E-state index contributed by atoms with van der Waals surface area (Å²) in [6.07, 6.45) is 2.58. The van der Waals surface area contributed by atoms with Crippen LogP contribution in [-0.4, -0.2) is 20.9 Å². The Morgan fingerprint density at radius 3 is 2.47 bits per heavy atom. The molecule has 1 aliphatic heterocycles. The lowest BCUT2D eigenvalue weighted by atomic mass is 10.2. The van der Waals surface area contributed by atoms with E-state index in [1.807, 2.05) is 30.3 Å². The fourth-order valence-electron chi connectivity index (χ4n) is 3.90. The maximum absolute atomic E-state index is 12.9. The molecule has 0 saturated heterocycles. The lowest BCUT2D eigenvalue weighted by molar-refractivity contribution is -0.119. The fourth-order valence-corrected chi connectivity index (χ4v) is 5.01. The number of carbonyl (C=O) groups excluding carboxylic acids is 1. The Morgan fingerprint density at radius 2 is 1.75 bits per heavy atom. The zero-order valence-electron chi connectivity index (χ0n) is 17.5. The van der Waals surface area contributed by atoms with E-state index in [0.29, 0.717) is 31.0 Å². The first kappa shape index (κ1) is 20.6. The Morgan fingerprint density at radius 1 is 1.00 bits per heavy atom. The van der Waals surface area contributed by atoms with Gasteiger partial charge < -0.3 is 9.64 Å². The molecule has 1 aliphatic carbocycles. The number of amides is 1. The number of ether oxygens (including phenoxy) is 1. The van der Waals surface area contributed by atoms with Crippen LogP contribution in [0.4, 0.5) is 11.4 Å². The first-order valence-corrected chi connectivity index (χ1v) is 12.2. The topological polar surface area (TPSA) is 75.7 Å². The molecular formula is C25H24N2O4S. The second-order valence-electron chi connectivity index (χ2n) is 8.21. The molecule has 7 heteroatoms. The number of benzene rings is 3. The SMILES string of the molecule is O=C(C1CC1)N1CCc2cc(S(=O)(=O)Nc3ccc(OCc4ccccc4)cc3)ccc21. The van der Waals surface area contributed by atoms with E-state index >= 15 is 0 Å². The number of rotatable bonds is 7. The highest BCUT2D eigenvalue weighted by molar-refractivity contribution is 7.92. The molecule has 32 heavy (non-hydrogen) atoms. The van der Waals surface area contributed by atoms with Crippen LogP contribution < -0.4 is 14.4 Å². The number of nitrogens with zero attached hydrogens (tertiary/aromatic N) is 1. The van der Waals surface area contributed by atoms with Crippen molar-refractivity contribution in [1.82, 2.24) is 0 Å². The first-order valence-electron chi connectivity index (χ1n) is 10.7. The van der Waals surface area contributed by atoms with Crippen LogP contribution in [0.3, 0.4) is 0 Å². The summed E-state index contributed by atoms with van der Waals surface area (Å²) in [6, 6.07) is 21.7. The highest BCUT2D eigenvalue weighted by Crippen LogP contribution is 2.37. The highest BCUT2D eigenvalue weighted by atomic mass is 32.2. The smallest absolute Gasteiger partial charge is 0.261 e. The van der Waals surface area contributed by atoms with Gasteiger partial charge in [0.05, 0.1) is 4.90 Å². The molecule has 0 atom stereocenters. The summed E-state index contributed by atoms with van der Waals surface area (Å²) in [5, 5.41) is 0. The number of fused-ring (bicyclic) bond motifs is 1. The van der Waals surface area contributed by atoms with E-state index in [1.54, 1.807) is 47.4 Å². The van der Waals surface area contributed by atoms with Crippen molar-refractivity contribution in [3.63, 3.8) is 0 Å². The Balaban J connectivity index is 1.25. The molecule has 0 spiro atoms. The molecule has 1 N–H and O–H groups in total. The average molecular weight is 449 g/mol. The minimum atomic E-state index is -3.74. The van der Waals surface area contributed by atoms with Crippen molar-refractivity contribution in [3.8, 4) is 5.75 Å². The summed E-state index contributed by atoms with van der Waals surface area (Å²) < 4.78 is 34.2. The van der Waals surface area contributed by atoms with Crippen LogP contribution in [0.1, 0.15) is 24.0 Å². The number of sulfonamides is 1. The van der Waals surface area contributed by atoms with Gasteiger partial charge in [-0.15, -0.1) is 0 Å². The summed E-state index contributed by atoms with van der Waals surface area (Å²) in [6.45, 7) is 1.06.